The number of nitrogens with one attached hydrogen (secondary N) is 1. The van der Waals surface area contributed by atoms with Crippen molar-refractivity contribution in [2.24, 2.45) is 0 Å². The molecule has 2 atom stereocenters. The zero-order valence-corrected chi connectivity index (χ0v) is 12.4. The molecule has 1 heterocycles. The largest absolute Gasteiger partial charge is 0.394 e. The maximum atomic E-state index is 13.7. The molecule has 0 unspecified atom stereocenters. The smallest absolute Gasteiger partial charge is 0.269 e. The summed E-state index contributed by atoms with van der Waals surface area (Å²) in [6, 6.07) is 5.27. The summed E-state index contributed by atoms with van der Waals surface area (Å²) in [6.45, 7) is -0.512. The molecule has 9 heteroatoms. The van der Waals surface area contributed by atoms with Gasteiger partial charge in [-0.05, 0) is 23.8 Å². The quantitative estimate of drug-likeness (QED) is 0.549. The molecule has 2 aromatic rings. The first-order valence-corrected chi connectivity index (χ1v) is 6.91. The van der Waals surface area contributed by atoms with Gasteiger partial charge >= 0.3 is 0 Å². The van der Waals surface area contributed by atoms with Gasteiger partial charge in [-0.25, -0.2) is 9.37 Å². The number of nitrogens with zero attached hydrogens (tertiary/aromatic N) is 2. The van der Waals surface area contributed by atoms with Gasteiger partial charge in [-0.3, -0.25) is 10.1 Å². The molecule has 1 aromatic heterocycles. The van der Waals surface area contributed by atoms with E-state index in [4.69, 9.17) is 11.6 Å². The number of benzene rings is 1. The van der Waals surface area contributed by atoms with Crippen LogP contribution >= 0.6 is 11.6 Å². The molecule has 0 bridgehead atoms. The highest BCUT2D eigenvalue weighted by Gasteiger charge is 2.22. The highest BCUT2D eigenvalue weighted by atomic mass is 35.5. The van der Waals surface area contributed by atoms with Crippen LogP contribution in [0.3, 0.4) is 0 Å². The van der Waals surface area contributed by atoms with Crippen LogP contribution in [-0.2, 0) is 0 Å². The number of non-ortho nitro benzene ring substituents is 1. The van der Waals surface area contributed by atoms with Crippen molar-refractivity contribution in [1.82, 2.24) is 4.98 Å². The third kappa shape index (κ3) is 4.13. The molecule has 0 saturated carbocycles. The van der Waals surface area contributed by atoms with Gasteiger partial charge in [0.05, 0.1) is 22.6 Å². The average molecular weight is 342 g/mol. The van der Waals surface area contributed by atoms with Crippen LogP contribution in [0.2, 0.25) is 5.02 Å². The Morgan fingerprint density at radius 1 is 1.39 bits per heavy atom. The van der Waals surface area contributed by atoms with Crippen molar-refractivity contribution in [2.75, 3.05) is 11.9 Å². The van der Waals surface area contributed by atoms with Crippen LogP contribution in [0.15, 0.2) is 36.5 Å². The third-order valence-corrected chi connectivity index (χ3v) is 3.36. The normalized spacial score (nSPS) is 13.4. The third-order valence-electron chi connectivity index (χ3n) is 3.15. The van der Waals surface area contributed by atoms with E-state index >= 15 is 0 Å². The molecule has 0 aliphatic heterocycles. The highest BCUT2D eigenvalue weighted by Crippen LogP contribution is 2.23. The van der Waals surface area contributed by atoms with E-state index in [0.717, 1.165) is 6.07 Å². The van der Waals surface area contributed by atoms with Crippen LogP contribution in [0.1, 0.15) is 11.7 Å². The number of halogens is 2. The lowest BCUT2D eigenvalue weighted by Crippen LogP contribution is -2.32. The maximum absolute atomic E-state index is 13.7. The number of nitro groups is 1. The Balaban J connectivity index is 2.17. The van der Waals surface area contributed by atoms with Gasteiger partial charge in [-0.2, -0.15) is 0 Å². The van der Waals surface area contributed by atoms with Gasteiger partial charge < -0.3 is 15.5 Å². The summed E-state index contributed by atoms with van der Waals surface area (Å²) in [5.74, 6) is -0.902. The van der Waals surface area contributed by atoms with Crippen molar-refractivity contribution in [3.8, 4) is 0 Å². The molecule has 0 aliphatic rings. The Hall–Kier alpha value is -2.29. The standard InChI is InChI=1S/C14H13ClFN3O4/c15-9-5-11(16)14(17-6-9)18-12(7-20)13(21)8-1-3-10(4-2-8)19(22)23/h1-6,12-13,20-21H,7H2,(H,17,18)/t12-,13+/m1/s1. The number of anilines is 1. The Bertz CT molecular complexity index is 699. The first-order chi connectivity index (χ1) is 10.9. The van der Waals surface area contributed by atoms with E-state index in [1.54, 1.807) is 0 Å². The summed E-state index contributed by atoms with van der Waals surface area (Å²) >= 11 is 5.60. The minimum Gasteiger partial charge on any atom is -0.394 e. The van der Waals surface area contributed by atoms with Crippen molar-refractivity contribution in [3.63, 3.8) is 0 Å². The van der Waals surface area contributed by atoms with E-state index in [1.165, 1.54) is 30.5 Å². The molecule has 0 saturated heterocycles. The minimum atomic E-state index is -1.22. The van der Waals surface area contributed by atoms with Crippen LogP contribution in [0.5, 0.6) is 0 Å². The lowest BCUT2D eigenvalue weighted by Gasteiger charge is -2.23. The predicted molar refractivity (Wildman–Crippen MR) is 81.8 cm³/mol. The summed E-state index contributed by atoms with van der Waals surface area (Å²) in [5.41, 5.74) is 0.205. The van der Waals surface area contributed by atoms with Gasteiger partial charge in [0.25, 0.3) is 5.69 Å². The van der Waals surface area contributed by atoms with E-state index in [0.29, 0.717) is 5.56 Å². The predicted octanol–water partition coefficient (Wildman–Crippen LogP) is 2.29. The Morgan fingerprint density at radius 3 is 2.57 bits per heavy atom. The SMILES string of the molecule is O=[N+]([O-])c1ccc([C@H](O)[C@@H](CO)Nc2ncc(Cl)cc2F)cc1. The molecule has 0 amide bonds. The molecule has 3 N–H and O–H groups in total. The van der Waals surface area contributed by atoms with E-state index in [-0.39, 0.29) is 16.5 Å². The maximum Gasteiger partial charge on any atom is 0.269 e. The fourth-order valence-corrected chi connectivity index (χ4v) is 2.09. The second kappa shape index (κ2) is 7.32. The second-order valence-corrected chi connectivity index (χ2v) is 5.15. The van der Waals surface area contributed by atoms with Crippen molar-refractivity contribution >= 4 is 23.1 Å². The fraction of sp³-hybridized carbons (Fsp3) is 0.214. The number of aliphatic hydroxyl groups is 2. The Morgan fingerprint density at radius 2 is 2.04 bits per heavy atom. The monoisotopic (exact) mass is 341 g/mol. The van der Waals surface area contributed by atoms with E-state index in [2.05, 4.69) is 10.3 Å². The van der Waals surface area contributed by atoms with Crippen molar-refractivity contribution in [2.45, 2.75) is 12.1 Å². The van der Waals surface area contributed by atoms with Gasteiger partial charge in [-0.1, -0.05) is 11.6 Å². The molecular formula is C14H13ClFN3O4. The number of nitro benzene ring substituents is 1. The van der Waals surface area contributed by atoms with Crippen LogP contribution in [-0.4, -0.2) is 32.8 Å². The molecule has 0 spiro atoms. The van der Waals surface area contributed by atoms with E-state index in [9.17, 15) is 24.7 Å². The van der Waals surface area contributed by atoms with Crippen LogP contribution < -0.4 is 5.32 Å². The number of hydrogen-bond donors (Lipinski definition) is 3. The highest BCUT2D eigenvalue weighted by molar-refractivity contribution is 6.30. The van der Waals surface area contributed by atoms with Crippen LogP contribution in [0.25, 0.3) is 0 Å². The van der Waals surface area contributed by atoms with Gasteiger partial charge in [0.15, 0.2) is 11.6 Å². The number of aliphatic hydroxyl groups excluding tert-OH is 2. The Kier molecular flexibility index (Phi) is 5.43. The summed E-state index contributed by atoms with van der Waals surface area (Å²) < 4.78 is 13.7. The summed E-state index contributed by atoms with van der Waals surface area (Å²) in [4.78, 5) is 13.8. The zero-order valence-electron chi connectivity index (χ0n) is 11.7. The van der Waals surface area contributed by atoms with Gasteiger partial charge in [0, 0.05) is 18.3 Å². The second-order valence-electron chi connectivity index (χ2n) is 4.71. The molecule has 7 nitrogen and oxygen atoms in total. The van der Waals surface area contributed by atoms with Crippen molar-refractivity contribution in [1.29, 1.82) is 0 Å². The first-order valence-electron chi connectivity index (χ1n) is 6.53. The lowest BCUT2D eigenvalue weighted by atomic mass is 10.0. The van der Waals surface area contributed by atoms with E-state index < -0.39 is 29.5 Å². The molecule has 0 aliphatic carbocycles. The van der Waals surface area contributed by atoms with Crippen molar-refractivity contribution < 1.29 is 19.5 Å². The molecule has 0 fully saturated rings. The number of aromatic nitrogens is 1. The molecule has 0 radical (unpaired) electrons. The van der Waals surface area contributed by atoms with E-state index in [1.807, 2.05) is 0 Å². The molecule has 122 valence electrons. The molecular weight excluding hydrogens is 329 g/mol. The number of rotatable bonds is 6. The molecule has 23 heavy (non-hydrogen) atoms. The summed E-state index contributed by atoms with van der Waals surface area (Å²) in [6.07, 6.45) is -0.00248. The lowest BCUT2D eigenvalue weighted by molar-refractivity contribution is -0.384. The average Bonchev–Trinajstić information content (AvgIpc) is 2.53. The fourth-order valence-electron chi connectivity index (χ4n) is 1.95. The molecule has 2 rings (SSSR count). The summed E-state index contributed by atoms with van der Waals surface area (Å²) in [7, 11) is 0. The number of pyridine rings is 1. The first kappa shape index (κ1) is 17.1. The van der Waals surface area contributed by atoms with Gasteiger partial charge in [0.2, 0.25) is 0 Å². The Labute approximate surface area is 135 Å². The van der Waals surface area contributed by atoms with Crippen molar-refractivity contribution in [3.05, 3.63) is 63.0 Å². The molecule has 1 aromatic carbocycles. The number of hydrogen-bond acceptors (Lipinski definition) is 6. The minimum absolute atomic E-state index is 0.115. The topological polar surface area (TPSA) is 109 Å². The zero-order chi connectivity index (χ0) is 17.0. The van der Waals surface area contributed by atoms with Crippen LogP contribution in [0, 0.1) is 15.9 Å². The van der Waals surface area contributed by atoms with Gasteiger partial charge in [-0.15, -0.1) is 0 Å². The van der Waals surface area contributed by atoms with Gasteiger partial charge in [0.1, 0.15) is 6.10 Å². The van der Waals surface area contributed by atoms with Crippen LogP contribution in [0.4, 0.5) is 15.9 Å². The summed E-state index contributed by atoms with van der Waals surface area (Å²) in [5, 5.41) is 33.0.